The maximum atomic E-state index is 11.0. The molecule has 4 rings (SSSR count). The van der Waals surface area contributed by atoms with Gasteiger partial charge in [-0.25, -0.2) is 4.98 Å². The van der Waals surface area contributed by atoms with Gasteiger partial charge in [-0.1, -0.05) is 13.8 Å². The Morgan fingerprint density at radius 1 is 1.10 bits per heavy atom. The van der Waals surface area contributed by atoms with Crippen molar-refractivity contribution in [3.63, 3.8) is 0 Å². The maximum absolute atomic E-state index is 11.0. The van der Waals surface area contributed by atoms with Gasteiger partial charge in [0.25, 0.3) is 0 Å². The van der Waals surface area contributed by atoms with Crippen LogP contribution in [0.15, 0.2) is 49.1 Å². The number of aromatic nitrogens is 6. The van der Waals surface area contributed by atoms with E-state index in [1.165, 1.54) is 7.11 Å². The average Bonchev–Trinajstić information content (AvgIpc) is 3.25. The van der Waals surface area contributed by atoms with Gasteiger partial charge in [0.05, 0.1) is 30.0 Å². The predicted molar refractivity (Wildman–Crippen MR) is 117 cm³/mol. The van der Waals surface area contributed by atoms with E-state index in [4.69, 9.17) is 4.74 Å². The monoisotopic (exact) mass is 417 g/mol. The first kappa shape index (κ1) is 20.5. The van der Waals surface area contributed by atoms with E-state index >= 15 is 0 Å². The summed E-state index contributed by atoms with van der Waals surface area (Å²) in [5.41, 5.74) is 4.38. The number of rotatable bonds is 8. The zero-order valence-electron chi connectivity index (χ0n) is 17.6. The zero-order valence-corrected chi connectivity index (χ0v) is 17.6. The molecule has 31 heavy (non-hydrogen) atoms. The molecule has 0 saturated heterocycles. The van der Waals surface area contributed by atoms with Gasteiger partial charge >= 0.3 is 0 Å². The molecule has 0 fully saturated rings. The third-order valence-electron chi connectivity index (χ3n) is 4.92. The van der Waals surface area contributed by atoms with Gasteiger partial charge in [0.1, 0.15) is 11.9 Å². The van der Waals surface area contributed by atoms with Gasteiger partial charge in [0.2, 0.25) is 0 Å². The minimum atomic E-state index is -0.532. The van der Waals surface area contributed by atoms with Crippen LogP contribution in [0.25, 0.3) is 22.2 Å². The minimum absolute atomic E-state index is 0.351. The number of fused-ring (bicyclic) bond motifs is 1. The van der Waals surface area contributed by atoms with Crippen LogP contribution in [-0.2, 0) is 16.1 Å². The molecule has 0 aliphatic rings. The summed E-state index contributed by atoms with van der Waals surface area (Å²) < 4.78 is 6.77. The number of hydrogen-bond acceptors (Lipinski definition) is 8. The Hall–Kier alpha value is -3.72. The van der Waals surface area contributed by atoms with Gasteiger partial charge in [0.15, 0.2) is 12.1 Å². The molecule has 0 amide bonds. The molecule has 9 nitrogen and oxygen atoms in total. The third kappa shape index (κ3) is 4.72. The van der Waals surface area contributed by atoms with Crippen LogP contribution in [0.3, 0.4) is 0 Å². The fourth-order valence-corrected chi connectivity index (χ4v) is 3.09. The quantitative estimate of drug-likeness (QED) is 0.435. The van der Waals surface area contributed by atoms with Crippen LogP contribution >= 0.6 is 0 Å². The van der Waals surface area contributed by atoms with Crippen molar-refractivity contribution in [1.82, 2.24) is 29.9 Å². The number of anilines is 2. The standard InChI is InChI=1S/C22H23N7O2/c1-14(2)15-7-22(28-24-9-15)27-21-5-4-19-20(26-21)6-16(8-23-19)17-10-25-29(11-17)12-18(13-30)31-3/h4-11,13-14,18H,12H2,1-3H3,(H,26,27,28). The predicted octanol–water partition coefficient (Wildman–Crippen LogP) is 3.36. The van der Waals surface area contributed by atoms with Crippen molar-refractivity contribution < 1.29 is 9.53 Å². The van der Waals surface area contributed by atoms with Crippen LogP contribution in [0.2, 0.25) is 0 Å². The van der Waals surface area contributed by atoms with Crippen LogP contribution in [0.5, 0.6) is 0 Å². The second-order valence-electron chi connectivity index (χ2n) is 7.47. The van der Waals surface area contributed by atoms with E-state index in [0.29, 0.717) is 24.1 Å². The fraction of sp³-hybridized carbons (Fsp3) is 0.273. The first-order valence-corrected chi connectivity index (χ1v) is 9.93. The lowest BCUT2D eigenvalue weighted by Gasteiger charge is -2.09. The van der Waals surface area contributed by atoms with E-state index in [1.54, 1.807) is 23.3 Å². The van der Waals surface area contributed by atoms with Gasteiger partial charge < -0.3 is 14.8 Å². The Kier molecular flexibility index (Phi) is 5.94. The van der Waals surface area contributed by atoms with Gasteiger partial charge in [-0.15, -0.1) is 5.10 Å². The molecule has 1 N–H and O–H groups in total. The highest BCUT2D eigenvalue weighted by Gasteiger charge is 2.10. The number of carbonyl (C=O) groups is 1. The van der Waals surface area contributed by atoms with Crippen LogP contribution in [0, 0.1) is 0 Å². The van der Waals surface area contributed by atoms with Crippen LogP contribution in [0.4, 0.5) is 11.6 Å². The molecule has 4 aromatic rings. The fourth-order valence-electron chi connectivity index (χ4n) is 3.09. The van der Waals surface area contributed by atoms with Crippen LogP contribution in [-0.4, -0.2) is 49.4 Å². The molecule has 1 unspecified atom stereocenters. The molecule has 4 heterocycles. The molecule has 0 saturated carbocycles. The summed E-state index contributed by atoms with van der Waals surface area (Å²) >= 11 is 0. The second kappa shape index (κ2) is 8.97. The Labute approximate surface area is 179 Å². The molecule has 1 atom stereocenters. The molecule has 4 aromatic heterocycles. The number of pyridine rings is 2. The second-order valence-corrected chi connectivity index (χ2v) is 7.47. The topological polar surface area (TPSA) is 108 Å². The lowest BCUT2D eigenvalue weighted by Crippen LogP contribution is -2.20. The van der Waals surface area contributed by atoms with E-state index in [-0.39, 0.29) is 0 Å². The zero-order chi connectivity index (χ0) is 21.8. The number of carbonyl (C=O) groups excluding carboxylic acids is 1. The van der Waals surface area contributed by atoms with E-state index in [2.05, 4.69) is 44.4 Å². The highest BCUT2D eigenvalue weighted by molar-refractivity contribution is 5.81. The first-order chi connectivity index (χ1) is 15.1. The molecule has 0 aromatic carbocycles. The molecule has 0 bridgehead atoms. The van der Waals surface area contributed by atoms with Crippen molar-refractivity contribution in [2.75, 3.05) is 12.4 Å². The van der Waals surface area contributed by atoms with Crippen molar-refractivity contribution in [2.24, 2.45) is 0 Å². The Bertz CT molecular complexity index is 1210. The summed E-state index contributed by atoms with van der Waals surface area (Å²) in [4.78, 5) is 20.2. The third-order valence-corrected chi connectivity index (χ3v) is 4.92. The Balaban J connectivity index is 1.58. The van der Waals surface area contributed by atoms with Crippen LogP contribution < -0.4 is 5.32 Å². The molecule has 0 aliphatic heterocycles. The summed E-state index contributed by atoms with van der Waals surface area (Å²) in [6, 6.07) is 7.70. The number of nitrogens with zero attached hydrogens (tertiary/aromatic N) is 6. The molecule has 0 radical (unpaired) electrons. The average molecular weight is 417 g/mol. The van der Waals surface area contributed by atoms with Gasteiger partial charge in [-0.05, 0) is 35.7 Å². The highest BCUT2D eigenvalue weighted by atomic mass is 16.5. The van der Waals surface area contributed by atoms with Crippen molar-refractivity contribution in [3.8, 4) is 11.1 Å². The molecule has 0 spiro atoms. The summed E-state index contributed by atoms with van der Waals surface area (Å²) in [5.74, 6) is 1.66. The summed E-state index contributed by atoms with van der Waals surface area (Å²) in [6.45, 7) is 4.57. The number of ether oxygens (including phenoxy) is 1. The smallest absolute Gasteiger partial charge is 0.154 e. The largest absolute Gasteiger partial charge is 0.372 e. The Morgan fingerprint density at radius 2 is 1.97 bits per heavy atom. The highest BCUT2D eigenvalue weighted by Crippen LogP contribution is 2.24. The first-order valence-electron chi connectivity index (χ1n) is 9.93. The summed E-state index contributed by atoms with van der Waals surface area (Å²) in [7, 11) is 1.50. The van der Waals surface area contributed by atoms with Crippen LogP contribution in [0.1, 0.15) is 25.3 Å². The molecule has 0 aliphatic carbocycles. The van der Waals surface area contributed by atoms with Gasteiger partial charge in [-0.3, -0.25) is 9.67 Å². The molecule has 158 valence electrons. The summed E-state index contributed by atoms with van der Waals surface area (Å²) in [5, 5.41) is 15.7. The van der Waals surface area contributed by atoms with Gasteiger partial charge in [0, 0.05) is 30.6 Å². The normalized spacial score (nSPS) is 12.3. The number of aldehydes is 1. The number of nitrogens with one attached hydrogen (secondary N) is 1. The van der Waals surface area contributed by atoms with Crippen molar-refractivity contribution in [3.05, 3.63) is 54.6 Å². The SMILES string of the molecule is COC(C=O)Cn1cc(-c2cnc3ccc(Nc4cc(C(C)C)cnn4)nc3c2)cn1. The minimum Gasteiger partial charge on any atom is -0.372 e. The number of hydrogen-bond donors (Lipinski definition) is 1. The summed E-state index contributed by atoms with van der Waals surface area (Å²) in [6.07, 6.45) is 7.37. The van der Waals surface area contributed by atoms with E-state index in [1.807, 2.05) is 30.5 Å². The number of methoxy groups -OCH3 is 1. The lowest BCUT2D eigenvalue weighted by molar-refractivity contribution is -0.117. The Morgan fingerprint density at radius 3 is 2.74 bits per heavy atom. The van der Waals surface area contributed by atoms with E-state index in [9.17, 15) is 4.79 Å². The molecule has 9 heteroatoms. The molecular formula is C22H23N7O2. The van der Waals surface area contributed by atoms with E-state index < -0.39 is 6.10 Å². The lowest BCUT2D eigenvalue weighted by atomic mass is 10.1. The maximum Gasteiger partial charge on any atom is 0.154 e. The van der Waals surface area contributed by atoms with Crippen molar-refractivity contribution in [1.29, 1.82) is 0 Å². The van der Waals surface area contributed by atoms with Gasteiger partial charge in [-0.2, -0.15) is 10.2 Å². The molecular weight excluding hydrogens is 394 g/mol. The van der Waals surface area contributed by atoms with Crippen molar-refractivity contribution in [2.45, 2.75) is 32.4 Å². The van der Waals surface area contributed by atoms with E-state index in [0.717, 1.165) is 34.0 Å². The van der Waals surface area contributed by atoms with Crippen molar-refractivity contribution >= 4 is 29.0 Å².